The van der Waals surface area contributed by atoms with Gasteiger partial charge in [-0.25, -0.2) is 0 Å². The second kappa shape index (κ2) is 9.25. The maximum atomic E-state index is 13.1. The Morgan fingerprint density at radius 2 is 1.71 bits per heavy atom. The molecule has 5 rings (SSSR count). The van der Waals surface area contributed by atoms with Gasteiger partial charge in [0.2, 0.25) is 0 Å². The van der Waals surface area contributed by atoms with E-state index in [1.54, 1.807) is 36.3 Å². The summed E-state index contributed by atoms with van der Waals surface area (Å²) in [7, 11) is 1.73. The van der Waals surface area contributed by atoms with Gasteiger partial charge in [-0.15, -0.1) is 0 Å². The van der Waals surface area contributed by atoms with Crippen molar-refractivity contribution in [2.45, 2.75) is 51.2 Å². The quantitative estimate of drug-likeness (QED) is 0.523. The summed E-state index contributed by atoms with van der Waals surface area (Å²) in [5.74, 6) is -0.702. The first kappa shape index (κ1) is 22.1. The van der Waals surface area contributed by atoms with E-state index >= 15 is 0 Å². The third kappa shape index (κ3) is 4.25. The fourth-order valence-corrected chi connectivity index (χ4v) is 4.97. The average Bonchev–Trinajstić information content (AvgIpc) is 3.40. The van der Waals surface area contributed by atoms with Crippen LogP contribution in [0, 0.1) is 0 Å². The van der Waals surface area contributed by atoms with Crippen molar-refractivity contribution >= 4 is 17.7 Å². The van der Waals surface area contributed by atoms with Crippen LogP contribution < -0.4 is 0 Å². The zero-order valence-corrected chi connectivity index (χ0v) is 19.3. The molecule has 7 heteroatoms. The van der Waals surface area contributed by atoms with Gasteiger partial charge in [0, 0.05) is 37.0 Å². The van der Waals surface area contributed by atoms with Crippen LogP contribution in [-0.2, 0) is 13.1 Å². The molecule has 2 heterocycles. The lowest BCUT2D eigenvalue weighted by atomic mass is 9.94. The Morgan fingerprint density at radius 1 is 0.971 bits per heavy atom. The number of carbonyl (C=O) groups is 3. The molecule has 0 radical (unpaired) electrons. The molecule has 0 spiro atoms. The average molecular weight is 457 g/mol. The second-order valence-electron chi connectivity index (χ2n) is 9.23. The molecule has 1 fully saturated rings. The van der Waals surface area contributed by atoms with Crippen molar-refractivity contribution in [3.8, 4) is 0 Å². The van der Waals surface area contributed by atoms with Crippen LogP contribution >= 0.6 is 0 Å². The molecule has 3 aromatic rings. The topological polar surface area (TPSA) is 75.5 Å². The second-order valence-corrected chi connectivity index (χ2v) is 9.23. The largest absolute Gasteiger partial charge is 0.337 e. The van der Waals surface area contributed by atoms with Gasteiger partial charge < -0.3 is 4.90 Å². The summed E-state index contributed by atoms with van der Waals surface area (Å²) in [5.41, 5.74) is 3.22. The molecule has 1 saturated carbocycles. The van der Waals surface area contributed by atoms with Crippen molar-refractivity contribution in [2.75, 3.05) is 7.05 Å². The van der Waals surface area contributed by atoms with E-state index in [0.717, 1.165) is 43.2 Å². The Balaban J connectivity index is 1.27. The molecule has 2 aliphatic rings. The number of aromatic nitrogens is 2. The van der Waals surface area contributed by atoms with Gasteiger partial charge in [0.25, 0.3) is 17.7 Å². The molecule has 0 N–H and O–H groups in total. The van der Waals surface area contributed by atoms with E-state index in [4.69, 9.17) is 0 Å². The summed E-state index contributed by atoms with van der Waals surface area (Å²) in [6.45, 7) is 1.06. The monoisotopic (exact) mass is 456 g/mol. The molecule has 7 nitrogen and oxygen atoms in total. The fraction of sp³-hybridized carbons (Fsp3) is 0.333. The predicted molar refractivity (Wildman–Crippen MR) is 127 cm³/mol. The Hall–Kier alpha value is -3.74. The first-order valence-electron chi connectivity index (χ1n) is 11.8. The number of benzene rings is 2. The highest BCUT2D eigenvalue weighted by Crippen LogP contribution is 2.31. The highest BCUT2D eigenvalue weighted by molar-refractivity contribution is 6.22. The molecule has 2 aromatic carbocycles. The van der Waals surface area contributed by atoms with Crippen LogP contribution in [0.2, 0.25) is 0 Å². The zero-order valence-electron chi connectivity index (χ0n) is 19.3. The lowest BCUT2D eigenvalue weighted by molar-refractivity contribution is 0.0548. The van der Waals surface area contributed by atoms with Crippen LogP contribution in [0.15, 0.2) is 60.9 Å². The first-order valence-corrected chi connectivity index (χ1v) is 11.8. The summed E-state index contributed by atoms with van der Waals surface area (Å²) >= 11 is 0. The van der Waals surface area contributed by atoms with Crippen LogP contribution in [0.1, 0.15) is 74.3 Å². The van der Waals surface area contributed by atoms with Crippen molar-refractivity contribution in [1.29, 1.82) is 0 Å². The summed E-state index contributed by atoms with van der Waals surface area (Å²) in [6.07, 6.45) is 8.64. The van der Waals surface area contributed by atoms with E-state index in [1.807, 2.05) is 41.2 Å². The normalized spacial score (nSPS) is 16.1. The maximum Gasteiger partial charge on any atom is 0.261 e. The van der Waals surface area contributed by atoms with Crippen molar-refractivity contribution < 1.29 is 14.4 Å². The molecule has 174 valence electrons. The molecule has 3 amide bonds. The van der Waals surface area contributed by atoms with Crippen LogP contribution in [0.4, 0.5) is 0 Å². The van der Waals surface area contributed by atoms with Crippen molar-refractivity contribution in [3.63, 3.8) is 0 Å². The number of amides is 3. The summed E-state index contributed by atoms with van der Waals surface area (Å²) in [5, 5.41) is 4.41. The number of nitrogens with zero attached hydrogens (tertiary/aromatic N) is 4. The molecule has 1 aliphatic heterocycles. The summed E-state index contributed by atoms with van der Waals surface area (Å²) in [4.78, 5) is 42.1. The van der Waals surface area contributed by atoms with Crippen LogP contribution in [0.3, 0.4) is 0 Å². The van der Waals surface area contributed by atoms with Crippen LogP contribution in [0.5, 0.6) is 0 Å². The Bertz CT molecular complexity index is 1230. The molecular formula is C27H28N4O3. The molecule has 1 aliphatic carbocycles. The van der Waals surface area contributed by atoms with E-state index in [0.29, 0.717) is 29.8 Å². The Labute approximate surface area is 199 Å². The minimum atomic E-state index is -0.272. The number of fused-ring (bicyclic) bond motifs is 1. The van der Waals surface area contributed by atoms with Gasteiger partial charge in [-0.3, -0.25) is 24.0 Å². The predicted octanol–water partition coefficient (Wildman–Crippen LogP) is 4.13. The van der Waals surface area contributed by atoms with Crippen molar-refractivity contribution in [3.05, 3.63) is 88.7 Å². The molecule has 0 bridgehead atoms. The molecular weight excluding hydrogens is 428 g/mol. The van der Waals surface area contributed by atoms with Gasteiger partial charge in [-0.1, -0.05) is 49.6 Å². The molecule has 34 heavy (non-hydrogen) atoms. The molecule has 0 saturated heterocycles. The van der Waals surface area contributed by atoms with E-state index in [1.165, 1.54) is 4.90 Å². The van der Waals surface area contributed by atoms with Gasteiger partial charge in [0.15, 0.2) is 0 Å². The van der Waals surface area contributed by atoms with Crippen LogP contribution in [0.25, 0.3) is 0 Å². The minimum Gasteiger partial charge on any atom is -0.337 e. The molecule has 1 aromatic heterocycles. The lowest BCUT2D eigenvalue weighted by Gasteiger charge is -2.29. The highest BCUT2D eigenvalue weighted by Gasteiger charge is 2.40. The molecule has 0 unspecified atom stereocenters. The summed E-state index contributed by atoms with van der Waals surface area (Å²) < 4.78 is 1.85. The van der Waals surface area contributed by atoms with E-state index < -0.39 is 0 Å². The number of hydrogen-bond donors (Lipinski definition) is 0. The third-order valence-corrected chi connectivity index (χ3v) is 6.75. The highest BCUT2D eigenvalue weighted by atomic mass is 16.2. The summed E-state index contributed by atoms with van der Waals surface area (Å²) in [6, 6.07) is 14.9. The Morgan fingerprint density at radius 3 is 2.47 bits per heavy atom. The van der Waals surface area contributed by atoms with Crippen molar-refractivity contribution in [1.82, 2.24) is 19.6 Å². The smallest absolute Gasteiger partial charge is 0.261 e. The lowest BCUT2D eigenvalue weighted by Crippen LogP contribution is -2.40. The minimum absolute atomic E-state index is 0.0320. The van der Waals surface area contributed by atoms with Gasteiger partial charge >= 0.3 is 0 Å². The maximum absolute atomic E-state index is 13.1. The molecule has 0 atom stereocenters. The van der Waals surface area contributed by atoms with Crippen molar-refractivity contribution in [2.24, 2.45) is 0 Å². The van der Waals surface area contributed by atoms with Gasteiger partial charge in [-0.05, 0) is 36.6 Å². The fourth-order valence-electron chi connectivity index (χ4n) is 4.97. The van der Waals surface area contributed by atoms with Gasteiger partial charge in [-0.2, -0.15) is 5.10 Å². The third-order valence-electron chi connectivity index (χ3n) is 6.75. The number of carbonyl (C=O) groups excluding carboxylic acids is 3. The standard InChI is InChI=1S/C27H28N4O3/c1-29(16-20-15-28-30(18-20)17-19-8-4-2-5-9-19)25(32)21-12-13-23-24(14-21)27(34)31(26(23)33)22-10-6-3-7-11-22/h2,4-5,8-9,12-15,18,22H,3,6-7,10-11,16-17H2,1H3. The number of rotatable bonds is 6. The van der Waals surface area contributed by atoms with E-state index in [-0.39, 0.29) is 23.8 Å². The van der Waals surface area contributed by atoms with Gasteiger partial charge in [0.1, 0.15) is 0 Å². The zero-order chi connectivity index (χ0) is 23.7. The number of imide groups is 1. The van der Waals surface area contributed by atoms with E-state index in [9.17, 15) is 14.4 Å². The van der Waals surface area contributed by atoms with Crippen LogP contribution in [-0.4, -0.2) is 50.4 Å². The SMILES string of the molecule is CN(Cc1cnn(Cc2ccccc2)c1)C(=O)c1ccc2c(c1)C(=O)N(C1CCCCC1)C2=O. The Kier molecular flexibility index (Phi) is 6.01. The van der Waals surface area contributed by atoms with Gasteiger partial charge in [0.05, 0.1) is 23.9 Å². The van der Waals surface area contributed by atoms with E-state index in [2.05, 4.69) is 5.10 Å². The first-order chi connectivity index (χ1) is 16.5. The number of hydrogen-bond acceptors (Lipinski definition) is 4.